The van der Waals surface area contributed by atoms with E-state index >= 15 is 0 Å². The quantitative estimate of drug-likeness (QED) is 0.908. The van der Waals surface area contributed by atoms with Crippen LogP contribution in [0.1, 0.15) is 31.2 Å². The molecule has 114 valence electrons. The summed E-state index contributed by atoms with van der Waals surface area (Å²) in [7, 11) is 0. The van der Waals surface area contributed by atoms with Crippen molar-refractivity contribution in [3.63, 3.8) is 0 Å². The highest BCUT2D eigenvalue weighted by Crippen LogP contribution is 2.24. The zero-order valence-electron chi connectivity index (χ0n) is 12.2. The van der Waals surface area contributed by atoms with E-state index in [0.29, 0.717) is 13.0 Å². The molecule has 0 spiro atoms. The Kier molecular flexibility index (Phi) is 5.67. The molecule has 1 saturated heterocycles. The molecule has 1 heterocycles. The summed E-state index contributed by atoms with van der Waals surface area (Å²) in [4.78, 5) is 25.2. The fourth-order valence-electron chi connectivity index (χ4n) is 2.63. The maximum atomic E-state index is 12.5. The first-order valence-corrected chi connectivity index (χ1v) is 8.37. The van der Waals surface area contributed by atoms with E-state index in [9.17, 15) is 9.59 Å². The van der Waals surface area contributed by atoms with Crippen molar-refractivity contribution in [3.05, 3.63) is 35.9 Å². The molecule has 1 amide bonds. The topological polar surface area (TPSA) is 57.6 Å². The van der Waals surface area contributed by atoms with Crippen molar-refractivity contribution in [1.82, 2.24) is 4.90 Å². The normalized spacial score (nSPS) is 20.0. The number of carbonyl (C=O) groups excluding carboxylic acids is 1. The Labute approximate surface area is 129 Å². The molecule has 1 aromatic rings. The number of thioether (sulfide) groups is 1. The van der Waals surface area contributed by atoms with E-state index in [4.69, 9.17) is 5.11 Å². The monoisotopic (exact) mass is 307 g/mol. The van der Waals surface area contributed by atoms with Crippen LogP contribution >= 0.6 is 11.8 Å². The van der Waals surface area contributed by atoms with Crippen LogP contribution < -0.4 is 0 Å². The van der Waals surface area contributed by atoms with E-state index in [1.165, 1.54) is 0 Å². The molecule has 2 unspecified atom stereocenters. The average Bonchev–Trinajstić information content (AvgIpc) is 2.48. The number of rotatable bonds is 5. The highest BCUT2D eigenvalue weighted by Gasteiger charge is 2.29. The molecule has 0 saturated carbocycles. The summed E-state index contributed by atoms with van der Waals surface area (Å²) in [5.74, 6) is 0.993. The number of amides is 1. The predicted octanol–water partition coefficient (Wildman–Crippen LogP) is 2.60. The van der Waals surface area contributed by atoms with E-state index in [-0.39, 0.29) is 24.3 Å². The molecule has 1 N–H and O–H groups in total. The molecule has 1 aliphatic rings. The van der Waals surface area contributed by atoms with E-state index in [0.717, 1.165) is 17.1 Å². The van der Waals surface area contributed by atoms with Gasteiger partial charge in [-0.15, -0.1) is 0 Å². The summed E-state index contributed by atoms with van der Waals surface area (Å²) in [5.41, 5.74) is 1.15. The van der Waals surface area contributed by atoms with Gasteiger partial charge < -0.3 is 10.0 Å². The summed E-state index contributed by atoms with van der Waals surface area (Å²) in [6, 6.07) is 9.79. The summed E-state index contributed by atoms with van der Waals surface area (Å²) < 4.78 is 0. The van der Waals surface area contributed by atoms with Gasteiger partial charge in [0.15, 0.2) is 0 Å². The van der Waals surface area contributed by atoms with Gasteiger partial charge in [0.1, 0.15) is 0 Å². The molecule has 5 heteroatoms. The number of carboxylic acid groups (broad SMARTS) is 1. The van der Waals surface area contributed by atoms with E-state index < -0.39 is 5.97 Å². The predicted molar refractivity (Wildman–Crippen MR) is 84.6 cm³/mol. The van der Waals surface area contributed by atoms with Crippen molar-refractivity contribution in [2.24, 2.45) is 0 Å². The Bertz CT molecular complexity index is 492. The number of nitrogens with zero attached hydrogens (tertiary/aromatic N) is 1. The molecule has 0 bridgehead atoms. The second-order valence-corrected chi connectivity index (χ2v) is 6.58. The smallest absolute Gasteiger partial charge is 0.305 e. The number of carboxylic acids is 1. The zero-order chi connectivity index (χ0) is 15.2. The number of benzene rings is 1. The minimum Gasteiger partial charge on any atom is -0.481 e. The molecule has 21 heavy (non-hydrogen) atoms. The molecule has 0 aliphatic carbocycles. The first kappa shape index (κ1) is 15.9. The molecule has 1 fully saturated rings. The molecular weight excluding hydrogens is 286 g/mol. The molecule has 0 radical (unpaired) electrons. The highest BCUT2D eigenvalue weighted by molar-refractivity contribution is 7.99. The van der Waals surface area contributed by atoms with Crippen molar-refractivity contribution in [2.75, 3.05) is 18.1 Å². The van der Waals surface area contributed by atoms with Crippen molar-refractivity contribution in [2.45, 2.75) is 31.7 Å². The van der Waals surface area contributed by atoms with Crippen LogP contribution in [0.25, 0.3) is 0 Å². The van der Waals surface area contributed by atoms with Crippen molar-refractivity contribution in [1.29, 1.82) is 0 Å². The lowest BCUT2D eigenvalue weighted by atomic mass is 9.97. The largest absolute Gasteiger partial charge is 0.481 e. The maximum absolute atomic E-state index is 12.5. The minimum atomic E-state index is -0.837. The molecule has 0 aromatic heterocycles. The lowest BCUT2D eigenvalue weighted by Gasteiger charge is -2.35. The van der Waals surface area contributed by atoms with Crippen LogP contribution in [0, 0.1) is 0 Å². The first-order chi connectivity index (χ1) is 10.1. The fourth-order valence-corrected chi connectivity index (χ4v) is 3.69. The van der Waals surface area contributed by atoms with Crippen molar-refractivity contribution in [3.8, 4) is 0 Å². The second kappa shape index (κ2) is 7.50. The molecule has 2 atom stereocenters. The third kappa shape index (κ3) is 4.49. The molecular formula is C16H21NO3S. The van der Waals surface area contributed by atoms with Crippen LogP contribution in [0.15, 0.2) is 30.3 Å². The first-order valence-electron chi connectivity index (χ1n) is 7.22. The maximum Gasteiger partial charge on any atom is 0.305 e. The van der Waals surface area contributed by atoms with Crippen LogP contribution in [-0.2, 0) is 9.59 Å². The van der Waals surface area contributed by atoms with Crippen LogP contribution in [0.4, 0.5) is 0 Å². The number of aliphatic carboxylic acids is 1. The third-order valence-electron chi connectivity index (χ3n) is 3.81. The van der Waals surface area contributed by atoms with Crippen LogP contribution in [0.2, 0.25) is 0 Å². The molecule has 1 aliphatic heterocycles. The second-order valence-electron chi connectivity index (χ2n) is 5.43. The standard InChI is InChI=1S/C16H21NO3S/c1-12(13-5-3-2-4-6-13)9-15(18)17-7-8-21-11-14(17)10-16(19)20/h2-6,12,14H,7-11H2,1H3,(H,19,20). The fraction of sp³-hybridized carbons (Fsp3) is 0.500. The van der Waals surface area contributed by atoms with Gasteiger partial charge in [-0.3, -0.25) is 9.59 Å². The van der Waals surface area contributed by atoms with Crippen molar-refractivity contribution < 1.29 is 14.7 Å². The van der Waals surface area contributed by atoms with Gasteiger partial charge in [0.2, 0.25) is 5.91 Å². The molecule has 4 nitrogen and oxygen atoms in total. The van der Waals surface area contributed by atoms with E-state index in [2.05, 4.69) is 0 Å². The average molecular weight is 307 g/mol. The lowest BCUT2D eigenvalue weighted by molar-refractivity contribution is -0.140. The van der Waals surface area contributed by atoms with Gasteiger partial charge in [0.25, 0.3) is 0 Å². The van der Waals surface area contributed by atoms with Crippen molar-refractivity contribution >= 4 is 23.6 Å². The Morgan fingerprint density at radius 3 is 2.76 bits per heavy atom. The van der Waals surface area contributed by atoms with Gasteiger partial charge in [-0.25, -0.2) is 0 Å². The lowest BCUT2D eigenvalue weighted by Crippen LogP contribution is -2.47. The van der Waals surface area contributed by atoms with Gasteiger partial charge in [-0.1, -0.05) is 37.3 Å². The third-order valence-corrected chi connectivity index (χ3v) is 4.90. The summed E-state index contributed by atoms with van der Waals surface area (Å²) in [6.45, 7) is 2.70. The zero-order valence-corrected chi connectivity index (χ0v) is 13.0. The molecule has 1 aromatic carbocycles. The number of hydrogen-bond donors (Lipinski definition) is 1. The van der Waals surface area contributed by atoms with Crippen LogP contribution in [0.3, 0.4) is 0 Å². The van der Waals surface area contributed by atoms with Gasteiger partial charge in [0, 0.05) is 24.5 Å². The Morgan fingerprint density at radius 1 is 1.38 bits per heavy atom. The summed E-state index contributed by atoms with van der Waals surface area (Å²) in [5, 5.41) is 8.98. The van der Waals surface area contributed by atoms with E-state index in [1.807, 2.05) is 37.3 Å². The van der Waals surface area contributed by atoms with Gasteiger partial charge in [-0.05, 0) is 11.5 Å². The highest BCUT2D eigenvalue weighted by atomic mass is 32.2. The van der Waals surface area contributed by atoms with E-state index in [1.54, 1.807) is 16.7 Å². The van der Waals surface area contributed by atoms with Gasteiger partial charge in [-0.2, -0.15) is 11.8 Å². The Morgan fingerprint density at radius 2 is 2.10 bits per heavy atom. The van der Waals surface area contributed by atoms with Crippen LogP contribution in [0.5, 0.6) is 0 Å². The molecule has 2 rings (SSSR count). The Balaban J connectivity index is 1.98. The number of carbonyl (C=O) groups is 2. The summed E-state index contributed by atoms with van der Waals surface area (Å²) in [6.07, 6.45) is 0.475. The van der Waals surface area contributed by atoms with Gasteiger partial charge >= 0.3 is 5.97 Å². The summed E-state index contributed by atoms with van der Waals surface area (Å²) >= 11 is 1.72. The van der Waals surface area contributed by atoms with Crippen LogP contribution in [-0.4, -0.2) is 46.0 Å². The SMILES string of the molecule is CC(CC(=O)N1CCSCC1CC(=O)O)c1ccccc1. The Hall–Kier alpha value is -1.49. The minimum absolute atomic E-state index is 0.0401. The van der Waals surface area contributed by atoms with Gasteiger partial charge in [0.05, 0.1) is 12.5 Å². The number of hydrogen-bond acceptors (Lipinski definition) is 3.